The Kier molecular flexibility index (Phi) is 6.05. The van der Waals surface area contributed by atoms with E-state index in [1.54, 1.807) is 11.0 Å². The van der Waals surface area contributed by atoms with Crippen molar-refractivity contribution in [2.75, 3.05) is 19.6 Å². The third-order valence-corrected chi connectivity index (χ3v) is 4.98. The Morgan fingerprint density at radius 3 is 2.96 bits per heavy atom. The van der Waals surface area contributed by atoms with Gasteiger partial charge in [0.15, 0.2) is 0 Å². The predicted octanol–water partition coefficient (Wildman–Crippen LogP) is 1.34. The molecule has 1 aliphatic heterocycles. The summed E-state index contributed by atoms with van der Waals surface area (Å²) >= 11 is 0. The van der Waals surface area contributed by atoms with Gasteiger partial charge in [-0.1, -0.05) is 0 Å². The molecule has 1 aliphatic rings. The van der Waals surface area contributed by atoms with Gasteiger partial charge in [-0.25, -0.2) is 9.37 Å². The van der Waals surface area contributed by atoms with Crippen LogP contribution in [0.5, 0.6) is 0 Å². The summed E-state index contributed by atoms with van der Waals surface area (Å²) in [5, 5.41) is 2.95. The molecule has 2 heterocycles. The molecule has 0 unspecified atom stereocenters. The number of amides is 2. The van der Waals surface area contributed by atoms with Gasteiger partial charge in [-0.15, -0.1) is 0 Å². The highest BCUT2D eigenvalue weighted by atomic mass is 19.1. The van der Waals surface area contributed by atoms with Crippen molar-refractivity contribution in [3.8, 4) is 0 Å². The van der Waals surface area contributed by atoms with Gasteiger partial charge in [0.1, 0.15) is 11.6 Å². The van der Waals surface area contributed by atoms with E-state index in [-0.39, 0.29) is 29.6 Å². The van der Waals surface area contributed by atoms with Crippen molar-refractivity contribution < 1.29 is 14.0 Å². The van der Waals surface area contributed by atoms with E-state index in [1.165, 1.54) is 19.1 Å². The SMILES string of the molecule is CC(=O)N1C[C@@H](N)CC[C@@H](C(=O)NCCCc2nc3ccc(F)cc3[nH]2)C1. The van der Waals surface area contributed by atoms with E-state index in [9.17, 15) is 14.0 Å². The number of nitrogens with two attached hydrogens (primary N) is 1. The number of rotatable bonds is 5. The molecule has 3 rings (SSSR count). The van der Waals surface area contributed by atoms with Crippen LogP contribution in [0.25, 0.3) is 11.0 Å². The molecule has 2 amide bonds. The molecule has 8 heteroatoms. The highest BCUT2D eigenvalue weighted by Gasteiger charge is 2.28. The molecule has 27 heavy (non-hydrogen) atoms. The number of fused-ring (bicyclic) bond motifs is 1. The number of hydrogen-bond donors (Lipinski definition) is 3. The average molecular weight is 375 g/mol. The summed E-state index contributed by atoms with van der Waals surface area (Å²) in [5.74, 6) is 0.158. The Morgan fingerprint density at radius 1 is 1.37 bits per heavy atom. The van der Waals surface area contributed by atoms with Gasteiger partial charge in [0.2, 0.25) is 11.8 Å². The lowest BCUT2D eigenvalue weighted by atomic mass is 10.0. The third kappa shape index (κ3) is 5.03. The predicted molar refractivity (Wildman–Crippen MR) is 100 cm³/mol. The largest absolute Gasteiger partial charge is 0.356 e. The Hall–Kier alpha value is -2.48. The van der Waals surface area contributed by atoms with E-state index in [0.717, 1.165) is 24.2 Å². The molecular weight excluding hydrogens is 349 g/mol. The van der Waals surface area contributed by atoms with Crippen LogP contribution in [-0.4, -0.2) is 52.4 Å². The van der Waals surface area contributed by atoms with E-state index in [2.05, 4.69) is 15.3 Å². The van der Waals surface area contributed by atoms with Gasteiger partial charge in [0.05, 0.1) is 17.0 Å². The summed E-state index contributed by atoms with van der Waals surface area (Å²) < 4.78 is 13.2. The molecule has 0 radical (unpaired) electrons. The Balaban J connectivity index is 1.47. The fourth-order valence-electron chi connectivity index (χ4n) is 3.46. The molecule has 7 nitrogen and oxygen atoms in total. The number of hydrogen-bond acceptors (Lipinski definition) is 4. The number of nitrogens with zero attached hydrogens (tertiary/aromatic N) is 2. The van der Waals surface area contributed by atoms with Gasteiger partial charge in [-0.3, -0.25) is 9.59 Å². The number of H-pyrrole nitrogens is 1. The summed E-state index contributed by atoms with van der Waals surface area (Å²) in [6.45, 7) is 2.95. The molecule has 1 aromatic heterocycles. The highest BCUT2D eigenvalue weighted by Crippen LogP contribution is 2.17. The number of likely N-dealkylation sites (tertiary alicyclic amines) is 1. The molecule has 2 atom stereocenters. The summed E-state index contributed by atoms with van der Waals surface area (Å²) in [5.41, 5.74) is 7.40. The highest BCUT2D eigenvalue weighted by molar-refractivity contribution is 5.80. The molecule has 146 valence electrons. The normalized spacial score (nSPS) is 20.5. The van der Waals surface area contributed by atoms with E-state index < -0.39 is 0 Å². The Morgan fingerprint density at radius 2 is 2.19 bits per heavy atom. The lowest BCUT2D eigenvalue weighted by molar-refractivity contribution is -0.131. The number of benzene rings is 1. The molecule has 1 saturated heterocycles. The van der Waals surface area contributed by atoms with Gasteiger partial charge >= 0.3 is 0 Å². The second kappa shape index (κ2) is 8.47. The molecule has 1 fully saturated rings. The van der Waals surface area contributed by atoms with E-state index in [1.807, 2.05) is 0 Å². The van der Waals surface area contributed by atoms with Crippen molar-refractivity contribution in [3.63, 3.8) is 0 Å². The van der Waals surface area contributed by atoms with Crippen LogP contribution < -0.4 is 11.1 Å². The van der Waals surface area contributed by atoms with Gasteiger partial charge < -0.3 is 20.9 Å². The minimum absolute atomic E-state index is 0.0398. The Bertz CT molecular complexity index is 822. The van der Waals surface area contributed by atoms with Crippen molar-refractivity contribution >= 4 is 22.8 Å². The van der Waals surface area contributed by atoms with Crippen LogP contribution in [-0.2, 0) is 16.0 Å². The summed E-state index contributed by atoms with van der Waals surface area (Å²) in [6.07, 6.45) is 2.80. The van der Waals surface area contributed by atoms with Gasteiger partial charge in [0, 0.05) is 39.0 Å². The fourth-order valence-corrected chi connectivity index (χ4v) is 3.46. The quantitative estimate of drug-likeness (QED) is 0.686. The first kappa shape index (κ1) is 19.3. The van der Waals surface area contributed by atoms with Gasteiger partial charge in [-0.05, 0) is 37.5 Å². The van der Waals surface area contributed by atoms with Crippen molar-refractivity contribution in [2.24, 2.45) is 11.7 Å². The first-order valence-corrected chi connectivity index (χ1v) is 9.35. The summed E-state index contributed by atoms with van der Waals surface area (Å²) in [7, 11) is 0. The Labute approximate surface area is 157 Å². The fraction of sp³-hybridized carbons (Fsp3) is 0.526. The number of aromatic nitrogens is 2. The topological polar surface area (TPSA) is 104 Å². The van der Waals surface area contributed by atoms with Crippen molar-refractivity contribution in [2.45, 2.75) is 38.6 Å². The molecule has 0 bridgehead atoms. The maximum absolute atomic E-state index is 13.2. The summed E-state index contributed by atoms with van der Waals surface area (Å²) in [6, 6.07) is 4.37. The molecule has 0 saturated carbocycles. The molecule has 4 N–H and O–H groups in total. The van der Waals surface area contributed by atoms with E-state index in [0.29, 0.717) is 38.0 Å². The zero-order valence-corrected chi connectivity index (χ0v) is 15.5. The lowest BCUT2D eigenvalue weighted by Gasteiger charge is -2.23. The van der Waals surface area contributed by atoms with Crippen LogP contribution >= 0.6 is 0 Å². The van der Waals surface area contributed by atoms with Crippen LogP contribution in [0.4, 0.5) is 4.39 Å². The standard InChI is InChI=1S/C19H26FN5O2/c1-12(26)25-10-13(4-6-15(21)11-25)19(27)22-8-2-3-18-23-16-7-5-14(20)9-17(16)24-18/h5,7,9,13,15H,2-4,6,8,10-11,21H2,1H3,(H,22,27)(H,23,24)/t13-,15+/m1/s1. The molecule has 0 aliphatic carbocycles. The maximum Gasteiger partial charge on any atom is 0.224 e. The zero-order valence-electron chi connectivity index (χ0n) is 15.5. The van der Waals surface area contributed by atoms with Gasteiger partial charge in [-0.2, -0.15) is 0 Å². The number of carbonyl (C=O) groups is 2. The van der Waals surface area contributed by atoms with Crippen molar-refractivity contribution in [1.29, 1.82) is 0 Å². The van der Waals surface area contributed by atoms with Crippen LogP contribution in [0.15, 0.2) is 18.2 Å². The number of halogens is 1. The smallest absolute Gasteiger partial charge is 0.224 e. The zero-order chi connectivity index (χ0) is 19.4. The minimum atomic E-state index is -0.298. The number of nitrogens with one attached hydrogen (secondary N) is 2. The lowest BCUT2D eigenvalue weighted by Crippen LogP contribution is -2.42. The first-order chi connectivity index (χ1) is 12.9. The van der Waals surface area contributed by atoms with E-state index in [4.69, 9.17) is 5.73 Å². The third-order valence-electron chi connectivity index (χ3n) is 4.98. The van der Waals surface area contributed by atoms with Crippen LogP contribution in [0, 0.1) is 11.7 Å². The van der Waals surface area contributed by atoms with Crippen LogP contribution in [0.3, 0.4) is 0 Å². The van der Waals surface area contributed by atoms with Crippen molar-refractivity contribution in [3.05, 3.63) is 29.8 Å². The molecular formula is C19H26FN5O2. The first-order valence-electron chi connectivity index (χ1n) is 9.35. The number of aryl methyl sites for hydroxylation is 1. The second-order valence-electron chi connectivity index (χ2n) is 7.20. The molecule has 2 aromatic rings. The average Bonchev–Trinajstić information content (AvgIpc) is 2.91. The summed E-state index contributed by atoms with van der Waals surface area (Å²) in [4.78, 5) is 33.3. The monoisotopic (exact) mass is 375 g/mol. The second-order valence-corrected chi connectivity index (χ2v) is 7.20. The number of aromatic amines is 1. The van der Waals surface area contributed by atoms with Gasteiger partial charge in [0.25, 0.3) is 0 Å². The number of imidazole rings is 1. The number of carbonyl (C=O) groups excluding carboxylic acids is 2. The molecule has 1 aromatic carbocycles. The van der Waals surface area contributed by atoms with Crippen molar-refractivity contribution in [1.82, 2.24) is 20.2 Å². The van der Waals surface area contributed by atoms with Crippen LogP contribution in [0.2, 0.25) is 0 Å². The minimum Gasteiger partial charge on any atom is -0.356 e. The molecule has 0 spiro atoms. The maximum atomic E-state index is 13.2. The van der Waals surface area contributed by atoms with Crippen LogP contribution in [0.1, 0.15) is 32.0 Å². The van der Waals surface area contributed by atoms with E-state index >= 15 is 0 Å².